The van der Waals surface area contributed by atoms with E-state index in [4.69, 9.17) is 11.6 Å². The molecule has 1 rings (SSSR count). The van der Waals surface area contributed by atoms with Crippen molar-refractivity contribution in [3.05, 3.63) is 0 Å². The van der Waals surface area contributed by atoms with Crippen LogP contribution in [0.2, 0.25) is 0 Å². The van der Waals surface area contributed by atoms with Gasteiger partial charge in [0.1, 0.15) is 5.21 Å². The minimum absolute atomic E-state index is 0.275. The van der Waals surface area contributed by atoms with Gasteiger partial charge in [-0.3, -0.25) is 0 Å². The topological polar surface area (TPSA) is 37.4 Å². The van der Waals surface area contributed by atoms with Crippen LogP contribution in [0.4, 0.5) is 0 Å². The van der Waals surface area contributed by atoms with E-state index in [1.165, 1.54) is 4.31 Å². The molecule has 0 radical (unpaired) electrons. The van der Waals surface area contributed by atoms with Crippen LogP contribution >= 0.6 is 11.6 Å². The Hall–Kier alpha value is 0.200. The SMILES string of the molecule is CC(C)(C)C1CCN(S(=O)(=O)CCl)CC1. The first-order chi connectivity index (χ1) is 6.77. The molecule has 15 heavy (non-hydrogen) atoms. The second-order valence-corrected chi connectivity index (χ2v) is 7.81. The molecule has 0 saturated carbocycles. The van der Waals surface area contributed by atoms with E-state index in [1.54, 1.807) is 0 Å². The number of nitrogens with zero attached hydrogens (tertiary/aromatic N) is 1. The van der Waals surface area contributed by atoms with E-state index in [1.807, 2.05) is 0 Å². The highest BCUT2D eigenvalue weighted by Crippen LogP contribution is 2.34. The van der Waals surface area contributed by atoms with Gasteiger partial charge >= 0.3 is 0 Å². The predicted molar refractivity (Wildman–Crippen MR) is 63.4 cm³/mol. The molecular formula is C10H20ClNO2S. The minimum Gasteiger partial charge on any atom is -0.211 e. The molecule has 90 valence electrons. The molecule has 0 spiro atoms. The summed E-state index contributed by atoms with van der Waals surface area (Å²) >= 11 is 5.42. The number of rotatable bonds is 2. The number of hydrogen-bond donors (Lipinski definition) is 0. The largest absolute Gasteiger partial charge is 0.228 e. The lowest BCUT2D eigenvalue weighted by Crippen LogP contribution is -2.41. The zero-order valence-corrected chi connectivity index (χ0v) is 11.2. The molecule has 0 aliphatic carbocycles. The van der Waals surface area contributed by atoms with Crippen LogP contribution < -0.4 is 0 Å². The van der Waals surface area contributed by atoms with Gasteiger partial charge in [0.05, 0.1) is 0 Å². The third kappa shape index (κ3) is 3.33. The molecule has 1 heterocycles. The van der Waals surface area contributed by atoms with Crippen LogP contribution in [0.1, 0.15) is 33.6 Å². The normalized spacial score (nSPS) is 21.9. The first-order valence-corrected chi connectivity index (χ1v) is 7.45. The molecule has 5 heteroatoms. The van der Waals surface area contributed by atoms with Crippen molar-refractivity contribution < 1.29 is 8.42 Å². The molecular weight excluding hydrogens is 234 g/mol. The van der Waals surface area contributed by atoms with Crippen molar-refractivity contribution in [3.8, 4) is 0 Å². The van der Waals surface area contributed by atoms with Gasteiger partial charge in [-0.15, -0.1) is 11.6 Å². The molecule has 1 fully saturated rings. The summed E-state index contributed by atoms with van der Waals surface area (Å²) in [5, 5.41) is -0.298. The molecule has 0 atom stereocenters. The molecule has 1 aliphatic heterocycles. The van der Waals surface area contributed by atoms with Crippen LogP contribution in [0.25, 0.3) is 0 Å². The van der Waals surface area contributed by atoms with Crippen LogP contribution in [-0.4, -0.2) is 31.0 Å². The van der Waals surface area contributed by atoms with E-state index in [0.29, 0.717) is 19.0 Å². The first-order valence-electron chi connectivity index (χ1n) is 5.31. The number of sulfonamides is 1. The highest BCUT2D eigenvalue weighted by Gasteiger charge is 2.32. The van der Waals surface area contributed by atoms with Gasteiger partial charge in [0.25, 0.3) is 0 Å². The quantitative estimate of drug-likeness (QED) is 0.708. The zero-order valence-electron chi connectivity index (χ0n) is 9.66. The Morgan fingerprint density at radius 2 is 1.73 bits per heavy atom. The molecule has 0 amide bonds. The molecule has 3 nitrogen and oxygen atoms in total. The van der Waals surface area contributed by atoms with Gasteiger partial charge in [-0.25, -0.2) is 12.7 Å². The van der Waals surface area contributed by atoms with Crippen LogP contribution in [0.3, 0.4) is 0 Å². The molecule has 0 bridgehead atoms. The van der Waals surface area contributed by atoms with E-state index in [9.17, 15) is 8.42 Å². The molecule has 0 aromatic carbocycles. The number of hydrogen-bond acceptors (Lipinski definition) is 2. The average Bonchev–Trinajstić information content (AvgIpc) is 2.17. The Morgan fingerprint density at radius 1 is 1.27 bits per heavy atom. The van der Waals surface area contributed by atoms with Crippen LogP contribution in [0.15, 0.2) is 0 Å². The Balaban J connectivity index is 2.57. The second kappa shape index (κ2) is 4.60. The molecule has 0 N–H and O–H groups in total. The van der Waals surface area contributed by atoms with Crippen molar-refractivity contribution in [2.45, 2.75) is 33.6 Å². The predicted octanol–water partition coefficient (Wildman–Crippen LogP) is 2.27. The number of halogens is 1. The Kier molecular flexibility index (Phi) is 4.07. The van der Waals surface area contributed by atoms with Crippen molar-refractivity contribution in [1.29, 1.82) is 0 Å². The van der Waals surface area contributed by atoms with Gasteiger partial charge in [-0.2, -0.15) is 0 Å². The van der Waals surface area contributed by atoms with E-state index in [0.717, 1.165) is 12.8 Å². The molecule has 0 aromatic heterocycles. The fourth-order valence-corrected chi connectivity index (χ4v) is 3.39. The summed E-state index contributed by atoms with van der Waals surface area (Å²) in [7, 11) is -3.19. The van der Waals surface area contributed by atoms with Gasteiger partial charge in [-0.05, 0) is 24.2 Å². The lowest BCUT2D eigenvalue weighted by Gasteiger charge is -2.37. The Labute approximate surface area is 97.8 Å². The summed E-state index contributed by atoms with van der Waals surface area (Å²) in [5.41, 5.74) is 0.275. The fourth-order valence-electron chi connectivity index (χ4n) is 2.07. The van der Waals surface area contributed by atoms with Crippen LogP contribution in [-0.2, 0) is 10.0 Å². The zero-order chi connectivity index (χ0) is 11.7. The summed E-state index contributed by atoms with van der Waals surface area (Å²) in [5.74, 6) is 0.610. The monoisotopic (exact) mass is 253 g/mol. The van der Waals surface area contributed by atoms with Crippen molar-refractivity contribution in [1.82, 2.24) is 4.31 Å². The molecule has 0 unspecified atom stereocenters. The molecule has 1 aliphatic rings. The smallest absolute Gasteiger partial charge is 0.211 e. The van der Waals surface area contributed by atoms with Gasteiger partial charge in [0.15, 0.2) is 0 Å². The number of piperidine rings is 1. The standard InChI is InChI=1S/C10H20ClNO2S/c1-10(2,3)9-4-6-12(7-5-9)15(13,14)8-11/h9H,4-8H2,1-3H3. The summed E-state index contributed by atoms with van der Waals surface area (Å²) in [6, 6.07) is 0. The van der Waals surface area contributed by atoms with Gasteiger partial charge in [0.2, 0.25) is 10.0 Å². The molecule has 1 saturated heterocycles. The highest BCUT2D eigenvalue weighted by molar-refractivity contribution is 7.90. The Morgan fingerprint density at radius 3 is 2.07 bits per heavy atom. The maximum Gasteiger partial charge on any atom is 0.228 e. The summed E-state index contributed by atoms with van der Waals surface area (Å²) in [4.78, 5) is 0. The maximum absolute atomic E-state index is 11.5. The third-order valence-corrected chi connectivity index (χ3v) is 5.46. The molecule has 0 aromatic rings. The first kappa shape index (κ1) is 13.3. The highest BCUT2D eigenvalue weighted by atomic mass is 35.5. The van der Waals surface area contributed by atoms with Gasteiger partial charge in [0, 0.05) is 13.1 Å². The van der Waals surface area contributed by atoms with Crippen molar-refractivity contribution in [3.63, 3.8) is 0 Å². The van der Waals surface area contributed by atoms with Gasteiger partial charge in [-0.1, -0.05) is 20.8 Å². The van der Waals surface area contributed by atoms with E-state index < -0.39 is 10.0 Å². The summed E-state index contributed by atoms with van der Waals surface area (Å²) < 4.78 is 24.5. The van der Waals surface area contributed by atoms with E-state index in [2.05, 4.69) is 20.8 Å². The van der Waals surface area contributed by atoms with Crippen LogP contribution in [0.5, 0.6) is 0 Å². The fraction of sp³-hybridized carbons (Fsp3) is 1.00. The van der Waals surface area contributed by atoms with E-state index >= 15 is 0 Å². The van der Waals surface area contributed by atoms with Crippen molar-refractivity contribution in [2.75, 3.05) is 18.3 Å². The van der Waals surface area contributed by atoms with Crippen molar-refractivity contribution in [2.24, 2.45) is 11.3 Å². The van der Waals surface area contributed by atoms with E-state index in [-0.39, 0.29) is 10.6 Å². The summed E-state index contributed by atoms with van der Waals surface area (Å²) in [6.07, 6.45) is 1.89. The third-order valence-electron chi connectivity index (χ3n) is 3.21. The van der Waals surface area contributed by atoms with Crippen molar-refractivity contribution >= 4 is 21.6 Å². The lowest BCUT2D eigenvalue weighted by atomic mass is 9.76. The van der Waals surface area contributed by atoms with Gasteiger partial charge < -0.3 is 0 Å². The number of alkyl halides is 1. The second-order valence-electron chi connectivity index (χ2n) is 5.26. The lowest BCUT2D eigenvalue weighted by molar-refractivity contribution is 0.154. The van der Waals surface area contributed by atoms with Crippen LogP contribution in [0, 0.1) is 11.3 Å². The minimum atomic E-state index is -3.19. The average molecular weight is 254 g/mol. The maximum atomic E-state index is 11.5. The summed E-state index contributed by atoms with van der Waals surface area (Å²) in [6.45, 7) is 7.88. The Bertz CT molecular complexity index is 300.